The fourth-order valence-electron chi connectivity index (χ4n) is 3.17. The summed E-state index contributed by atoms with van der Waals surface area (Å²) in [6.45, 7) is 4.74. The summed E-state index contributed by atoms with van der Waals surface area (Å²) in [5, 5.41) is 9.88. The Morgan fingerprint density at radius 1 is 0.967 bits per heavy atom. The highest BCUT2D eigenvalue weighted by molar-refractivity contribution is 5.73. The van der Waals surface area contributed by atoms with Crippen molar-refractivity contribution in [1.29, 1.82) is 0 Å². The number of aryl methyl sites for hydroxylation is 1. The number of carbonyl (C=O) groups excluding carboxylic acids is 1. The van der Waals surface area contributed by atoms with Gasteiger partial charge in [-0.1, -0.05) is 42.5 Å². The molecule has 8 heteroatoms. The predicted molar refractivity (Wildman–Crippen MR) is 108 cm³/mol. The standard InChI is InChI=1S/C22H23F3N4O/c1-15-20(16(2)29(28-15)14-17-7-4-3-5-8-17)13-27-21(30)26-12-18-9-6-10-19(11-18)22(23,24)25/h3-11H,12-14H2,1-2H3,(H2,26,27,30). The zero-order valence-corrected chi connectivity index (χ0v) is 16.8. The van der Waals surface area contributed by atoms with Crippen LogP contribution in [0.3, 0.4) is 0 Å². The van der Waals surface area contributed by atoms with Crippen LogP contribution >= 0.6 is 0 Å². The Labute approximate surface area is 172 Å². The predicted octanol–water partition coefficient (Wildman–Crippen LogP) is 4.57. The number of rotatable bonds is 6. The molecule has 2 aromatic carbocycles. The van der Waals surface area contributed by atoms with E-state index in [4.69, 9.17) is 0 Å². The molecule has 0 fully saturated rings. The quantitative estimate of drug-likeness (QED) is 0.619. The average molecular weight is 416 g/mol. The zero-order valence-electron chi connectivity index (χ0n) is 16.8. The molecule has 0 aliphatic carbocycles. The van der Waals surface area contributed by atoms with E-state index in [-0.39, 0.29) is 13.1 Å². The number of urea groups is 1. The molecule has 2 amide bonds. The first-order valence-corrected chi connectivity index (χ1v) is 9.48. The molecule has 1 heterocycles. The van der Waals surface area contributed by atoms with Gasteiger partial charge in [0, 0.05) is 24.3 Å². The minimum absolute atomic E-state index is 0.000979. The van der Waals surface area contributed by atoms with Gasteiger partial charge in [0.1, 0.15) is 0 Å². The van der Waals surface area contributed by atoms with Gasteiger partial charge in [0.15, 0.2) is 0 Å². The average Bonchev–Trinajstić information content (AvgIpc) is 2.98. The smallest absolute Gasteiger partial charge is 0.334 e. The SMILES string of the molecule is Cc1nn(Cc2ccccc2)c(C)c1CNC(=O)NCc1cccc(C(F)(F)F)c1. The zero-order chi connectivity index (χ0) is 21.7. The first-order chi connectivity index (χ1) is 14.2. The van der Waals surface area contributed by atoms with Gasteiger partial charge in [0.2, 0.25) is 0 Å². The maximum Gasteiger partial charge on any atom is 0.416 e. The lowest BCUT2D eigenvalue weighted by molar-refractivity contribution is -0.137. The van der Waals surface area contributed by atoms with E-state index in [0.29, 0.717) is 12.1 Å². The number of aromatic nitrogens is 2. The first-order valence-electron chi connectivity index (χ1n) is 9.48. The van der Waals surface area contributed by atoms with Gasteiger partial charge < -0.3 is 10.6 Å². The highest BCUT2D eigenvalue weighted by Crippen LogP contribution is 2.29. The van der Waals surface area contributed by atoms with Crippen molar-refractivity contribution >= 4 is 6.03 Å². The molecule has 3 aromatic rings. The van der Waals surface area contributed by atoms with Crippen molar-refractivity contribution in [2.75, 3.05) is 0 Å². The Morgan fingerprint density at radius 2 is 1.63 bits per heavy atom. The molecule has 1 aromatic heterocycles. The topological polar surface area (TPSA) is 59.0 Å². The molecule has 0 atom stereocenters. The van der Waals surface area contributed by atoms with Gasteiger partial charge in [-0.05, 0) is 37.1 Å². The molecule has 0 unspecified atom stereocenters. The minimum Gasteiger partial charge on any atom is -0.334 e. The van der Waals surface area contributed by atoms with E-state index in [2.05, 4.69) is 15.7 Å². The Hall–Kier alpha value is -3.29. The van der Waals surface area contributed by atoms with Gasteiger partial charge in [0.05, 0.1) is 17.8 Å². The molecular weight excluding hydrogens is 393 g/mol. The summed E-state index contributed by atoms with van der Waals surface area (Å²) in [5.41, 5.74) is 3.46. The van der Waals surface area contributed by atoms with Crippen molar-refractivity contribution in [2.24, 2.45) is 0 Å². The molecule has 5 nitrogen and oxygen atoms in total. The third-order valence-electron chi connectivity index (χ3n) is 4.84. The number of carbonyl (C=O) groups is 1. The Morgan fingerprint density at radius 3 is 2.33 bits per heavy atom. The van der Waals surface area contributed by atoms with E-state index < -0.39 is 17.8 Å². The number of nitrogens with one attached hydrogen (secondary N) is 2. The van der Waals surface area contributed by atoms with Gasteiger partial charge in [-0.3, -0.25) is 4.68 Å². The van der Waals surface area contributed by atoms with E-state index >= 15 is 0 Å². The van der Waals surface area contributed by atoms with Crippen LogP contribution in [-0.4, -0.2) is 15.8 Å². The molecule has 0 spiro atoms. The highest BCUT2D eigenvalue weighted by atomic mass is 19.4. The van der Waals surface area contributed by atoms with E-state index in [1.807, 2.05) is 48.9 Å². The molecule has 0 saturated carbocycles. The summed E-state index contributed by atoms with van der Waals surface area (Å²) in [7, 11) is 0. The fourth-order valence-corrected chi connectivity index (χ4v) is 3.17. The van der Waals surface area contributed by atoms with Crippen molar-refractivity contribution < 1.29 is 18.0 Å². The second-order valence-corrected chi connectivity index (χ2v) is 7.03. The van der Waals surface area contributed by atoms with Crippen LogP contribution in [0.4, 0.5) is 18.0 Å². The van der Waals surface area contributed by atoms with Crippen molar-refractivity contribution in [3.8, 4) is 0 Å². The minimum atomic E-state index is -4.41. The fraction of sp³-hybridized carbons (Fsp3) is 0.273. The summed E-state index contributed by atoms with van der Waals surface area (Å²) < 4.78 is 40.2. The number of halogens is 3. The van der Waals surface area contributed by atoms with Gasteiger partial charge in [-0.2, -0.15) is 18.3 Å². The van der Waals surface area contributed by atoms with Crippen molar-refractivity contribution in [3.63, 3.8) is 0 Å². The van der Waals surface area contributed by atoms with E-state index in [9.17, 15) is 18.0 Å². The van der Waals surface area contributed by atoms with Crippen LogP contribution in [0.1, 0.15) is 33.6 Å². The molecule has 0 aliphatic rings. The second-order valence-electron chi connectivity index (χ2n) is 7.03. The molecule has 0 radical (unpaired) electrons. The lowest BCUT2D eigenvalue weighted by Gasteiger charge is -2.11. The normalized spacial score (nSPS) is 11.4. The van der Waals surface area contributed by atoms with Crippen LogP contribution < -0.4 is 10.6 Å². The summed E-state index contributed by atoms with van der Waals surface area (Å²) in [6.07, 6.45) is -4.41. The van der Waals surface area contributed by atoms with Crippen LogP contribution in [0.15, 0.2) is 54.6 Å². The molecular formula is C22H23F3N4O. The summed E-state index contributed by atoms with van der Waals surface area (Å²) in [6, 6.07) is 14.4. The summed E-state index contributed by atoms with van der Waals surface area (Å²) in [4.78, 5) is 12.1. The van der Waals surface area contributed by atoms with Crippen LogP contribution in [-0.2, 0) is 25.8 Å². The Balaban J connectivity index is 1.56. The van der Waals surface area contributed by atoms with Crippen LogP contribution in [0.5, 0.6) is 0 Å². The maximum atomic E-state index is 12.8. The lowest BCUT2D eigenvalue weighted by Crippen LogP contribution is -2.34. The van der Waals surface area contributed by atoms with E-state index in [0.717, 1.165) is 34.6 Å². The van der Waals surface area contributed by atoms with Gasteiger partial charge >= 0.3 is 12.2 Å². The largest absolute Gasteiger partial charge is 0.416 e. The number of alkyl halides is 3. The third-order valence-corrected chi connectivity index (χ3v) is 4.84. The molecule has 0 bridgehead atoms. The van der Waals surface area contributed by atoms with Gasteiger partial charge in [-0.25, -0.2) is 4.79 Å². The van der Waals surface area contributed by atoms with Crippen molar-refractivity contribution in [3.05, 3.63) is 88.2 Å². The molecule has 30 heavy (non-hydrogen) atoms. The second kappa shape index (κ2) is 9.02. The summed E-state index contributed by atoms with van der Waals surface area (Å²) in [5.74, 6) is 0. The van der Waals surface area contributed by atoms with E-state index in [1.165, 1.54) is 12.1 Å². The van der Waals surface area contributed by atoms with Gasteiger partial charge in [0.25, 0.3) is 0 Å². The molecule has 158 valence electrons. The maximum absolute atomic E-state index is 12.8. The highest BCUT2D eigenvalue weighted by Gasteiger charge is 2.30. The van der Waals surface area contributed by atoms with Crippen LogP contribution in [0.2, 0.25) is 0 Å². The number of hydrogen-bond acceptors (Lipinski definition) is 2. The van der Waals surface area contributed by atoms with Crippen LogP contribution in [0, 0.1) is 13.8 Å². The molecule has 2 N–H and O–H groups in total. The molecule has 0 saturated heterocycles. The number of benzene rings is 2. The van der Waals surface area contributed by atoms with Gasteiger partial charge in [-0.15, -0.1) is 0 Å². The lowest BCUT2D eigenvalue weighted by atomic mass is 10.1. The van der Waals surface area contributed by atoms with Crippen LogP contribution in [0.25, 0.3) is 0 Å². The molecule has 0 aliphatic heterocycles. The van der Waals surface area contributed by atoms with E-state index in [1.54, 1.807) is 0 Å². The number of hydrogen-bond donors (Lipinski definition) is 2. The first kappa shape index (κ1) is 21.4. The van der Waals surface area contributed by atoms with Crippen molar-refractivity contribution in [2.45, 2.75) is 39.7 Å². The Bertz CT molecular complexity index is 1010. The number of nitrogens with zero attached hydrogens (tertiary/aromatic N) is 2. The third kappa shape index (κ3) is 5.40. The summed E-state index contributed by atoms with van der Waals surface area (Å²) >= 11 is 0. The molecule has 3 rings (SSSR count). The Kier molecular flexibility index (Phi) is 6.44. The number of amides is 2. The monoisotopic (exact) mass is 416 g/mol. The van der Waals surface area contributed by atoms with Crippen molar-refractivity contribution in [1.82, 2.24) is 20.4 Å².